The van der Waals surface area contributed by atoms with Gasteiger partial charge in [0.1, 0.15) is 5.75 Å². The van der Waals surface area contributed by atoms with E-state index < -0.39 is 0 Å². The largest absolute Gasteiger partial charge is 0.497 e. The lowest BCUT2D eigenvalue weighted by atomic mass is 10.1. The number of rotatable bonds is 10. The maximum atomic E-state index is 12.8. The number of methoxy groups -OCH3 is 1. The van der Waals surface area contributed by atoms with Crippen molar-refractivity contribution in [1.82, 2.24) is 25.4 Å². The zero-order valence-electron chi connectivity index (χ0n) is 19.0. The molecular formula is C24H28ClN5O3S. The number of carbonyl (C=O) groups excluding carboxylic acids is 1. The van der Waals surface area contributed by atoms with E-state index in [0.29, 0.717) is 29.0 Å². The maximum absolute atomic E-state index is 12.8. The first-order valence-corrected chi connectivity index (χ1v) is 12.4. The molecule has 3 aromatic rings. The van der Waals surface area contributed by atoms with Gasteiger partial charge < -0.3 is 14.8 Å². The van der Waals surface area contributed by atoms with Crippen LogP contribution in [-0.2, 0) is 9.53 Å². The number of carbonyl (C=O) groups is 1. The van der Waals surface area contributed by atoms with Gasteiger partial charge in [-0.3, -0.25) is 14.8 Å². The van der Waals surface area contributed by atoms with Crippen molar-refractivity contribution < 1.29 is 14.3 Å². The fourth-order valence-corrected chi connectivity index (χ4v) is 4.78. The van der Waals surface area contributed by atoms with Crippen LogP contribution < -0.4 is 10.1 Å². The molecule has 8 nitrogen and oxygen atoms in total. The molecule has 1 saturated heterocycles. The Morgan fingerprint density at radius 3 is 2.65 bits per heavy atom. The highest BCUT2D eigenvalue weighted by Crippen LogP contribution is 2.37. The molecule has 1 aliphatic rings. The number of ether oxygens (including phenoxy) is 2. The molecule has 0 spiro atoms. The fraction of sp³-hybridized carbons (Fsp3) is 0.375. The van der Waals surface area contributed by atoms with Gasteiger partial charge in [-0.1, -0.05) is 35.5 Å². The van der Waals surface area contributed by atoms with Crippen LogP contribution in [0.2, 0.25) is 5.02 Å². The summed E-state index contributed by atoms with van der Waals surface area (Å²) in [4.78, 5) is 19.7. The van der Waals surface area contributed by atoms with Gasteiger partial charge in [0.2, 0.25) is 11.1 Å². The Labute approximate surface area is 208 Å². The standard InChI is InChI=1S/C24H28ClN5O3S/c1-32-20-8-4-17(5-9-20)21(16-22(31)26-10-11-30-12-14-33-15-13-30)34-24-27-23(28-29-24)18-2-6-19(25)7-3-18/h2-9,21H,10-16H2,1H3,(H,26,31)(H,27,28,29)/t21-/m0/s1. The molecule has 0 radical (unpaired) electrons. The Morgan fingerprint density at radius 1 is 1.21 bits per heavy atom. The highest BCUT2D eigenvalue weighted by molar-refractivity contribution is 7.99. The molecule has 1 amide bonds. The molecular weight excluding hydrogens is 474 g/mol. The Kier molecular flexibility index (Phi) is 8.81. The van der Waals surface area contributed by atoms with Gasteiger partial charge >= 0.3 is 0 Å². The highest BCUT2D eigenvalue weighted by atomic mass is 35.5. The first-order chi connectivity index (χ1) is 16.6. The number of H-pyrrole nitrogens is 1. The molecule has 34 heavy (non-hydrogen) atoms. The minimum absolute atomic E-state index is 0.00459. The molecule has 1 fully saturated rings. The quantitative estimate of drug-likeness (QED) is 0.408. The van der Waals surface area contributed by atoms with E-state index in [1.54, 1.807) is 7.11 Å². The summed E-state index contributed by atoms with van der Waals surface area (Å²) >= 11 is 7.44. The number of aromatic amines is 1. The van der Waals surface area contributed by atoms with Crippen LogP contribution in [0.25, 0.3) is 11.4 Å². The van der Waals surface area contributed by atoms with Gasteiger partial charge in [0.25, 0.3) is 0 Å². The van der Waals surface area contributed by atoms with Crippen LogP contribution in [0.3, 0.4) is 0 Å². The number of benzene rings is 2. The van der Waals surface area contributed by atoms with Crippen molar-refractivity contribution in [2.45, 2.75) is 16.8 Å². The van der Waals surface area contributed by atoms with Gasteiger partial charge in [-0.15, -0.1) is 5.10 Å². The molecule has 1 atom stereocenters. The van der Waals surface area contributed by atoms with Gasteiger partial charge in [0, 0.05) is 48.4 Å². The summed E-state index contributed by atoms with van der Waals surface area (Å²) in [5.41, 5.74) is 1.90. The van der Waals surface area contributed by atoms with E-state index in [2.05, 4.69) is 25.4 Å². The van der Waals surface area contributed by atoms with Crippen molar-refractivity contribution in [3.8, 4) is 17.1 Å². The normalized spacial score (nSPS) is 15.1. The molecule has 180 valence electrons. The van der Waals surface area contributed by atoms with E-state index >= 15 is 0 Å². The predicted molar refractivity (Wildman–Crippen MR) is 133 cm³/mol. The summed E-state index contributed by atoms with van der Waals surface area (Å²) in [7, 11) is 1.63. The predicted octanol–water partition coefficient (Wildman–Crippen LogP) is 3.81. The summed E-state index contributed by atoms with van der Waals surface area (Å²) in [5, 5.41) is 11.5. The molecule has 0 bridgehead atoms. The van der Waals surface area contributed by atoms with E-state index in [0.717, 1.165) is 49.7 Å². The van der Waals surface area contributed by atoms with Crippen LogP contribution in [0.5, 0.6) is 5.75 Å². The smallest absolute Gasteiger partial charge is 0.221 e. The minimum Gasteiger partial charge on any atom is -0.497 e. The van der Waals surface area contributed by atoms with E-state index in [1.807, 2.05) is 48.5 Å². The lowest BCUT2D eigenvalue weighted by Crippen LogP contribution is -2.41. The Bertz CT molecular complexity index is 1060. The van der Waals surface area contributed by atoms with Crippen molar-refractivity contribution in [2.75, 3.05) is 46.5 Å². The Balaban J connectivity index is 1.41. The zero-order valence-corrected chi connectivity index (χ0v) is 20.6. The van der Waals surface area contributed by atoms with Crippen LogP contribution in [-0.4, -0.2) is 72.5 Å². The summed E-state index contributed by atoms with van der Waals surface area (Å²) in [5.74, 6) is 1.42. The minimum atomic E-state index is -0.150. The number of thioether (sulfide) groups is 1. The van der Waals surface area contributed by atoms with E-state index in [1.165, 1.54) is 11.8 Å². The third kappa shape index (κ3) is 6.96. The van der Waals surface area contributed by atoms with Crippen LogP contribution in [0.15, 0.2) is 53.7 Å². The van der Waals surface area contributed by atoms with E-state index in [-0.39, 0.29) is 11.2 Å². The van der Waals surface area contributed by atoms with Crippen LogP contribution in [0.4, 0.5) is 0 Å². The number of amides is 1. The molecule has 2 aromatic carbocycles. The van der Waals surface area contributed by atoms with Gasteiger partial charge in [0.05, 0.1) is 20.3 Å². The molecule has 0 unspecified atom stereocenters. The van der Waals surface area contributed by atoms with E-state index in [9.17, 15) is 4.79 Å². The second-order valence-corrected chi connectivity index (χ2v) is 9.47. The number of nitrogens with zero attached hydrogens (tertiary/aromatic N) is 3. The topological polar surface area (TPSA) is 92.4 Å². The molecule has 10 heteroatoms. The first kappa shape index (κ1) is 24.5. The fourth-order valence-electron chi connectivity index (χ4n) is 3.63. The molecule has 0 aliphatic carbocycles. The Morgan fingerprint density at radius 2 is 1.94 bits per heavy atom. The number of hydrogen-bond acceptors (Lipinski definition) is 7. The number of halogens is 1. The maximum Gasteiger partial charge on any atom is 0.221 e. The van der Waals surface area contributed by atoms with Crippen molar-refractivity contribution in [2.24, 2.45) is 0 Å². The summed E-state index contributed by atoms with van der Waals surface area (Å²) in [6, 6.07) is 15.2. The highest BCUT2D eigenvalue weighted by Gasteiger charge is 2.21. The van der Waals surface area contributed by atoms with Crippen molar-refractivity contribution in [1.29, 1.82) is 0 Å². The van der Waals surface area contributed by atoms with Crippen molar-refractivity contribution in [3.05, 3.63) is 59.1 Å². The van der Waals surface area contributed by atoms with Crippen molar-refractivity contribution >= 4 is 29.3 Å². The van der Waals surface area contributed by atoms with Gasteiger partial charge in [-0.2, -0.15) is 0 Å². The summed E-state index contributed by atoms with van der Waals surface area (Å²) in [6.07, 6.45) is 0.310. The molecule has 2 heterocycles. The number of aromatic nitrogens is 3. The average Bonchev–Trinajstić information content (AvgIpc) is 3.33. The van der Waals surface area contributed by atoms with Crippen molar-refractivity contribution in [3.63, 3.8) is 0 Å². The SMILES string of the molecule is COc1ccc([C@H](CC(=O)NCCN2CCOCC2)Sc2n[nH]c(-c3ccc(Cl)cc3)n2)cc1. The molecule has 1 aromatic heterocycles. The lowest BCUT2D eigenvalue weighted by Gasteiger charge is -2.26. The number of morpholine rings is 1. The molecule has 1 aliphatic heterocycles. The van der Waals surface area contributed by atoms with Crippen LogP contribution >= 0.6 is 23.4 Å². The van der Waals surface area contributed by atoms with Gasteiger partial charge in [-0.25, -0.2) is 4.98 Å². The number of nitrogens with one attached hydrogen (secondary N) is 2. The van der Waals surface area contributed by atoms with Gasteiger partial charge in [0.15, 0.2) is 5.82 Å². The molecule has 4 rings (SSSR count). The first-order valence-electron chi connectivity index (χ1n) is 11.2. The second kappa shape index (κ2) is 12.2. The summed E-state index contributed by atoms with van der Waals surface area (Å²) < 4.78 is 10.7. The van der Waals surface area contributed by atoms with Gasteiger partial charge in [-0.05, 0) is 42.0 Å². The van der Waals surface area contributed by atoms with Crippen LogP contribution in [0.1, 0.15) is 17.2 Å². The average molecular weight is 502 g/mol. The molecule has 2 N–H and O–H groups in total. The Hall–Kier alpha value is -2.59. The molecule has 0 saturated carbocycles. The van der Waals surface area contributed by atoms with Crippen LogP contribution in [0, 0.1) is 0 Å². The monoisotopic (exact) mass is 501 g/mol. The lowest BCUT2D eigenvalue weighted by molar-refractivity contribution is -0.121. The number of hydrogen-bond donors (Lipinski definition) is 2. The summed E-state index contributed by atoms with van der Waals surface area (Å²) in [6.45, 7) is 4.74. The van der Waals surface area contributed by atoms with E-state index in [4.69, 9.17) is 21.1 Å². The third-order valence-corrected chi connectivity index (χ3v) is 6.91. The zero-order chi connectivity index (χ0) is 23.8. The second-order valence-electron chi connectivity index (χ2n) is 7.86. The third-order valence-electron chi connectivity index (χ3n) is 5.54.